The highest BCUT2D eigenvalue weighted by Crippen LogP contribution is 2.41. The Kier molecular flexibility index (Phi) is 3.34. The minimum absolute atomic E-state index is 0.126. The zero-order valence-electron chi connectivity index (χ0n) is 12.1. The molecule has 1 amide bonds. The second kappa shape index (κ2) is 4.59. The molecule has 1 aliphatic heterocycles. The number of hydrogen-bond donors (Lipinski definition) is 1. The highest BCUT2D eigenvalue weighted by atomic mass is 16.5. The van der Waals surface area contributed by atoms with Gasteiger partial charge in [-0.2, -0.15) is 0 Å². The van der Waals surface area contributed by atoms with Crippen molar-refractivity contribution in [2.45, 2.75) is 31.8 Å². The summed E-state index contributed by atoms with van der Waals surface area (Å²) in [5, 5.41) is 10.2. The first-order valence-corrected chi connectivity index (χ1v) is 6.44. The van der Waals surface area contributed by atoms with E-state index in [-0.39, 0.29) is 12.5 Å². The van der Waals surface area contributed by atoms with Gasteiger partial charge < -0.3 is 14.7 Å². The van der Waals surface area contributed by atoms with Crippen molar-refractivity contribution >= 4 is 17.6 Å². The largest absolute Gasteiger partial charge is 0.467 e. The normalized spacial score (nSPS) is 19.4. The summed E-state index contributed by atoms with van der Waals surface area (Å²) < 4.78 is 4.57. The van der Waals surface area contributed by atoms with Gasteiger partial charge in [0.2, 0.25) is 5.91 Å². The molecule has 108 valence electrons. The molecule has 1 atom stereocenters. The Morgan fingerprint density at radius 1 is 1.40 bits per heavy atom. The van der Waals surface area contributed by atoms with Crippen LogP contribution in [0.1, 0.15) is 26.3 Å². The molecule has 1 aromatic carbocycles. The monoisotopic (exact) mass is 277 g/mol. The number of aliphatic hydroxyl groups is 1. The maximum Gasteiger partial charge on any atom is 0.339 e. The summed E-state index contributed by atoms with van der Waals surface area (Å²) in [7, 11) is 1.21. The molecule has 0 saturated carbocycles. The average Bonchev–Trinajstić information content (AvgIpc) is 2.59. The molecule has 20 heavy (non-hydrogen) atoms. The lowest BCUT2D eigenvalue weighted by Crippen LogP contribution is -2.50. The van der Waals surface area contributed by atoms with Crippen LogP contribution in [-0.2, 0) is 19.7 Å². The van der Waals surface area contributed by atoms with Crippen LogP contribution in [0, 0.1) is 0 Å². The number of esters is 1. The van der Waals surface area contributed by atoms with E-state index in [1.54, 1.807) is 0 Å². The second-order valence-electron chi connectivity index (χ2n) is 5.80. The molecule has 5 heteroatoms. The highest BCUT2D eigenvalue weighted by molar-refractivity contribution is 6.08. The van der Waals surface area contributed by atoms with E-state index in [4.69, 9.17) is 0 Å². The lowest BCUT2D eigenvalue weighted by Gasteiger charge is -2.28. The van der Waals surface area contributed by atoms with Gasteiger partial charge in [-0.05, 0) is 32.4 Å². The molecule has 2 rings (SSSR count). The third kappa shape index (κ3) is 2.08. The molecule has 0 fully saturated rings. The van der Waals surface area contributed by atoms with E-state index >= 15 is 0 Å². The molecule has 0 spiro atoms. The van der Waals surface area contributed by atoms with Crippen molar-refractivity contribution in [2.24, 2.45) is 0 Å². The highest BCUT2D eigenvalue weighted by Gasteiger charge is 2.47. The van der Waals surface area contributed by atoms with Crippen LogP contribution in [0.15, 0.2) is 24.3 Å². The zero-order valence-corrected chi connectivity index (χ0v) is 12.1. The smallest absolute Gasteiger partial charge is 0.339 e. The van der Waals surface area contributed by atoms with E-state index in [1.807, 2.05) is 38.1 Å². The van der Waals surface area contributed by atoms with Gasteiger partial charge in [0.25, 0.3) is 0 Å². The van der Waals surface area contributed by atoms with Crippen LogP contribution in [0.4, 0.5) is 5.69 Å². The predicted molar refractivity (Wildman–Crippen MR) is 74.5 cm³/mol. The van der Waals surface area contributed by atoms with Crippen molar-refractivity contribution in [1.29, 1.82) is 0 Å². The Morgan fingerprint density at radius 2 is 2.00 bits per heavy atom. The van der Waals surface area contributed by atoms with Crippen molar-refractivity contribution in [3.63, 3.8) is 0 Å². The van der Waals surface area contributed by atoms with E-state index in [0.717, 1.165) is 11.3 Å². The van der Waals surface area contributed by atoms with E-state index in [2.05, 4.69) is 4.74 Å². The number of β-amino-alcohol motifs (C(OH)–C–C–N with tert-alkyl or cyclic N) is 1. The number of amides is 1. The van der Waals surface area contributed by atoms with Gasteiger partial charge in [-0.3, -0.25) is 4.79 Å². The number of nitrogens with zero attached hydrogens (tertiary/aromatic N) is 1. The van der Waals surface area contributed by atoms with Gasteiger partial charge >= 0.3 is 5.97 Å². The number of hydrogen-bond acceptors (Lipinski definition) is 4. The molecule has 1 N–H and O–H groups in total. The Bertz CT molecular complexity index is 563. The maximum atomic E-state index is 12.5. The molecular formula is C15H19NO4. The molecule has 0 aliphatic carbocycles. The standard InChI is InChI=1S/C15H19NO4/c1-14(2)10-7-5-6-8-11(10)16(12(14)17)9-15(3,19)13(18)20-4/h5-8,19H,9H2,1-4H3. The van der Waals surface area contributed by atoms with Crippen molar-refractivity contribution in [1.82, 2.24) is 0 Å². The first-order valence-electron chi connectivity index (χ1n) is 6.44. The molecule has 0 aromatic heterocycles. The van der Waals surface area contributed by atoms with Gasteiger partial charge in [-0.15, -0.1) is 0 Å². The SMILES string of the molecule is COC(=O)C(C)(O)CN1C(=O)C(C)(C)c2ccccc21. The lowest BCUT2D eigenvalue weighted by molar-refractivity contribution is -0.159. The first-order chi connectivity index (χ1) is 9.21. The molecule has 0 radical (unpaired) electrons. The summed E-state index contributed by atoms with van der Waals surface area (Å²) in [6.45, 7) is 4.89. The van der Waals surface area contributed by atoms with E-state index < -0.39 is 17.0 Å². The molecule has 1 heterocycles. The van der Waals surface area contributed by atoms with Crippen LogP contribution < -0.4 is 4.90 Å². The molecule has 1 aliphatic rings. The van der Waals surface area contributed by atoms with E-state index in [0.29, 0.717) is 0 Å². The fraction of sp³-hybridized carbons (Fsp3) is 0.467. The Labute approximate surface area is 118 Å². The van der Waals surface area contributed by atoms with Gasteiger partial charge in [0.05, 0.1) is 19.1 Å². The zero-order chi connectivity index (χ0) is 15.1. The van der Waals surface area contributed by atoms with Gasteiger partial charge in [0, 0.05) is 5.69 Å². The molecule has 5 nitrogen and oxygen atoms in total. The van der Waals surface area contributed by atoms with Crippen molar-refractivity contribution in [2.75, 3.05) is 18.6 Å². The number of anilines is 1. The Hall–Kier alpha value is -1.88. The van der Waals surface area contributed by atoms with E-state index in [1.165, 1.54) is 18.9 Å². The summed E-state index contributed by atoms with van der Waals surface area (Å²) in [6, 6.07) is 7.40. The minimum Gasteiger partial charge on any atom is -0.467 e. The summed E-state index contributed by atoms with van der Waals surface area (Å²) in [4.78, 5) is 25.6. The molecular weight excluding hydrogens is 258 g/mol. The number of fused-ring (bicyclic) bond motifs is 1. The quantitative estimate of drug-likeness (QED) is 0.844. The van der Waals surface area contributed by atoms with Crippen LogP contribution >= 0.6 is 0 Å². The van der Waals surface area contributed by atoms with Crippen LogP contribution in [0.2, 0.25) is 0 Å². The van der Waals surface area contributed by atoms with Crippen LogP contribution in [0.25, 0.3) is 0 Å². The number of para-hydroxylation sites is 1. The third-order valence-corrected chi connectivity index (χ3v) is 3.74. The summed E-state index contributed by atoms with van der Waals surface area (Å²) in [5.74, 6) is -0.893. The van der Waals surface area contributed by atoms with Gasteiger partial charge in [0.1, 0.15) is 0 Å². The van der Waals surface area contributed by atoms with Crippen molar-refractivity contribution in [3.05, 3.63) is 29.8 Å². The number of methoxy groups -OCH3 is 1. The van der Waals surface area contributed by atoms with Gasteiger partial charge in [-0.1, -0.05) is 18.2 Å². The molecule has 0 saturated heterocycles. The summed E-state index contributed by atoms with van der Waals surface area (Å²) in [6.07, 6.45) is 0. The van der Waals surface area contributed by atoms with Crippen molar-refractivity contribution in [3.8, 4) is 0 Å². The van der Waals surface area contributed by atoms with Crippen LogP contribution in [0.5, 0.6) is 0 Å². The van der Waals surface area contributed by atoms with Crippen molar-refractivity contribution < 1.29 is 19.4 Å². The molecule has 0 bridgehead atoms. The van der Waals surface area contributed by atoms with Gasteiger partial charge in [0.15, 0.2) is 5.60 Å². The van der Waals surface area contributed by atoms with E-state index in [9.17, 15) is 14.7 Å². The van der Waals surface area contributed by atoms with Gasteiger partial charge in [-0.25, -0.2) is 4.79 Å². The fourth-order valence-electron chi connectivity index (χ4n) is 2.55. The number of rotatable bonds is 3. The summed E-state index contributed by atoms with van der Waals surface area (Å²) in [5.41, 5.74) is -0.780. The number of carbonyl (C=O) groups is 2. The number of ether oxygens (including phenoxy) is 1. The average molecular weight is 277 g/mol. The number of benzene rings is 1. The minimum atomic E-state index is -1.74. The molecule has 1 unspecified atom stereocenters. The molecule has 1 aromatic rings. The van der Waals surface area contributed by atoms with Crippen LogP contribution in [0.3, 0.4) is 0 Å². The predicted octanol–water partition coefficient (Wildman–Crippen LogP) is 1.23. The third-order valence-electron chi connectivity index (χ3n) is 3.74. The topological polar surface area (TPSA) is 66.8 Å². The number of carbonyl (C=O) groups excluding carboxylic acids is 2. The fourth-order valence-corrected chi connectivity index (χ4v) is 2.55. The maximum absolute atomic E-state index is 12.5. The first kappa shape index (κ1) is 14.5. The Balaban J connectivity index is 2.40. The Morgan fingerprint density at radius 3 is 2.60 bits per heavy atom. The van der Waals surface area contributed by atoms with Crippen LogP contribution in [-0.4, -0.2) is 36.2 Å². The summed E-state index contributed by atoms with van der Waals surface area (Å²) >= 11 is 0. The lowest BCUT2D eigenvalue weighted by atomic mass is 9.86. The second-order valence-corrected chi connectivity index (χ2v) is 5.80.